The zero-order valence-corrected chi connectivity index (χ0v) is 28.5. The molecule has 0 aromatic heterocycles. The molecule has 2 fully saturated rings. The first kappa shape index (κ1) is 35.2. The fourth-order valence-corrected chi connectivity index (χ4v) is 8.65. The Balaban J connectivity index is 1.65. The van der Waals surface area contributed by atoms with Crippen molar-refractivity contribution >= 4 is 0 Å². The molecule has 0 nitrogen and oxygen atoms in total. The van der Waals surface area contributed by atoms with Crippen molar-refractivity contribution in [1.29, 1.82) is 0 Å². The third-order valence-electron chi connectivity index (χ3n) is 11.9. The second-order valence-electron chi connectivity index (χ2n) is 15.0. The second-order valence-corrected chi connectivity index (χ2v) is 15.0. The Hall–Kier alpha value is 0. The predicted molar refractivity (Wildman–Crippen MR) is 177 cm³/mol. The lowest BCUT2D eigenvalue weighted by Crippen LogP contribution is -2.19. The monoisotopic (exact) mass is 545 g/mol. The highest BCUT2D eigenvalue weighted by Gasteiger charge is 2.42. The SMILES string of the molecule is CCCCCCCCCCC1CC1CC(CC)CC(C)C(CC)CC(CC)CC1CC1C(CC)CCCCC. The standard InChI is InChI=1S/C39H76/c1-8-14-16-17-18-19-20-22-24-36-29-37(36)27-32(10-3)25-31(7)35(13-6)26-33(11-4)28-38-30-39(38)34(12-5)23-21-15-9-2/h31-39H,8-30H2,1-7H3. The molecule has 9 atom stereocenters. The van der Waals surface area contributed by atoms with Gasteiger partial charge in [0.15, 0.2) is 0 Å². The average Bonchev–Trinajstić information content (AvgIpc) is 3.87. The number of unbranched alkanes of at least 4 members (excludes halogenated alkanes) is 9. The van der Waals surface area contributed by atoms with Gasteiger partial charge in [-0.2, -0.15) is 0 Å². The van der Waals surface area contributed by atoms with Gasteiger partial charge in [0.05, 0.1) is 0 Å². The van der Waals surface area contributed by atoms with Gasteiger partial charge in [0.2, 0.25) is 0 Å². The second kappa shape index (κ2) is 20.8. The summed E-state index contributed by atoms with van der Waals surface area (Å²) >= 11 is 0. The van der Waals surface area contributed by atoms with Crippen LogP contribution in [0.15, 0.2) is 0 Å². The third kappa shape index (κ3) is 14.1. The topological polar surface area (TPSA) is 0 Å². The summed E-state index contributed by atoms with van der Waals surface area (Å²) in [4.78, 5) is 0. The molecule has 0 aromatic carbocycles. The van der Waals surface area contributed by atoms with E-state index in [4.69, 9.17) is 0 Å². The smallest absolute Gasteiger partial charge is 0.0355 e. The Bertz CT molecular complexity index is 564. The van der Waals surface area contributed by atoms with Crippen LogP contribution in [0.5, 0.6) is 0 Å². The molecule has 2 aliphatic carbocycles. The van der Waals surface area contributed by atoms with Gasteiger partial charge in [-0.15, -0.1) is 0 Å². The Morgan fingerprint density at radius 1 is 0.538 bits per heavy atom. The summed E-state index contributed by atoms with van der Waals surface area (Å²) in [6.45, 7) is 17.2. The zero-order chi connectivity index (χ0) is 28.5. The fourth-order valence-electron chi connectivity index (χ4n) is 8.65. The summed E-state index contributed by atoms with van der Waals surface area (Å²) in [5.41, 5.74) is 0. The van der Waals surface area contributed by atoms with Crippen LogP contribution in [0.25, 0.3) is 0 Å². The maximum atomic E-state index is 2.63. The number of hydrogen-bond acceptors (Lipinski definition) is 0. The minimum Gasteiger partial charge on any atom is -0.0654 e. The summed E-state index contributed by atoms with van der Waals surface area (Å²) in [6.07, 6.45) is 34.0. The van der Waals surface area contributed by atoms with E-state index in [1.807, 2.05) is 0 Å². The minimum atomic E-state index is 0.923. The van der Waals surface area contributed by atoms with Gasteiger partial charge >= 0.3 is 0 Å². The molecule has 0 radical (unpaired) electrons. The molecule has 232 valence electrons. The van der Waals surface area contributed by atoms with Crippen molar-refractivity contribution < 1.29 is 0 Å². The molecule has 9 unspecified atom stereocenters. The van der Waals surface area contributed by atoms with Crippen LogP contribution in [0.3, 0.4) is 0 Å². The van der Waals surface area contributed by atoms with Crippen LogP contribution in [0, 0.1) is 53.3 Å². The Morgan fingerprint density at radius 2 is 1.13 bits per heavy atom. The Kier molecular flexibility index (Phi) is 18.8. The lowest BCUT2D eigenvalue weighted by Gasteiger charge is -2.30. The normalized spacial score (nSPS) is 26.2. The molecule has 0 amide bonds. The van der Waals surface area contributed by atoms with Gasteiger partial charge < -0.3 is 0 Å². The van der Waals surface area contributed by atoms with Crippen LogP contribution in [0.2, 0.25) is 0 Å². The van der Waals surface area contributed by atoms with E-state index in [0.29, 0.717) is 0 Å². The van der Waals surface area contributed by atoms with Crippen molar-refractivity contribution in [3.63, 3.8) is 0 Å². The van der Waals surface area contributed by atoms with Crippen LogP contribution in [-0.2, 0) is 0 Å². The van der Waals surface area contributed by atoms with Crippen molar-refractivity contribution in [2.24, 2.45) is 53.3 Å². The first-order valence-corrected chi connectivity index (χ1v) is 19.0. The zero-order valence-electron chi connectivity index (χ0n) is 28.5. The molecule has 2 rings (SSSR count). The molecule has 0 aromatic rings. The fraction of sp³-hybridized carbons (Fsp3) is 1.00. The molecule has 0 bridgehead atoms. The van der Waals surface area contributed by atoms with Crippen molar-refractivity contribution in [2.45, 2.75) is 196 Å². The molecule has 0 spiro atoms. The number of hydrogen-bond donors (Lipinski definition) is 0. The van der Waals surface area contributed by atoms with Crippen molar-refractivity contribution in [2.75, 3.05) is 0 Å². The van der Waals surface area contributed by atoms with Gasteiger partial charge in [0.25, 0.3) is 0 Å². The van der Waals surface area contributed by atoms with Gasteiger partial charge in [-0.1, -0.05) is 158 Å². The molecular formula is C39H76. The highest BCUT2D eigenvalue weighted by atomic mass is 14.5. The van der Waals surface area contributed by atoms with E-state index in [-0.39, 0.29) is 0 Å². The van der Waals surface area contributed by atoms with Crippen LogP contribution < -0.4 is 0 Å². The van der Waals surface area contributed by atoms with Gasteiger partial charge in [0.1, 0.15) is 0 Å². The predicted octanol–water partition coefficient (Wildman–Crippen LogP) is 13.7. The van der Waals surface area contributed by atoms with Crippen molar-refractivity contribution in [3.05, 3.63) is 0 Å². The van der Waals surface area contributed by atoms with E-state index in [0.717, 1.165) is 53.3 Å². The molecule has 0 saturated heterocycles. The van der Waals surface area contributed by atoms with E-state index < -0.39 is 0 Å². The minimum absolute atomic E-state index is 0.923. The maximum Gasteiger partial charge on any atom is -0.0355 e. The summed E-state index contributed by atoms with van der Waals surface area (Å²) in [5, 5.41) is 0. The summed E-state index contributed by atoms with van der Waals surface area (Å²) in [5.74, 6) is 9.24. The van der Waals surface area contributed by atoms with E-state index >= 15 is 0 Å². The Morgan fingerprint density at radius 3 is 1.74 bits per heavy atom. The quantitative estimate of drug-likeness (QED) is 0.0902. The maximum absolute atomic E-state index is 2.63. The average molecular weight is 545 g/mol. The first-order chi connectivity index (χ1) is 19.0. The molecular weight excluding hydrogens is 468 g/mol. The molecule has 0 aliphatic heterocycles. The van der Waals surface area contributed by atoms with Gasteiger partial charge in [0, 0.05) is 0 Å². The molecule has 0 heteroatoms. The van der Waals surface area contributed by atoms with E-state index in [1.165, 1.54) is 116 Å². The molecule has 2 saturated carbocycles. The summed E-state index contributed by atoms with van der Waals surface area (Å²) in [7, 11) is 0. The van der Waals surface area contributed by atoms with E-state index in [9.17, 15) is 0 Å². The molecule has 39 heavy (non-hydrogen) atoms. The lowest BCUT2D eigenvalue weighted by atomic mass is 9.76. The first-order valence-electron chi connectivity index (χ1n) is 19.0. The van der Waals surface area contributed by atoms with Crippen molar-refractivity contribution in [1.82, 2.24) is 0 Å². The highest BCUT2D eigenvalue weighted by Crippen LogP contribution is 2.52. The van der Waals surface area contributed by atoms with Gasteiger partial charge in [-0.25, -0.2) is 0 Å². The van der Waals surface area contributed by atoms with Gasteiger partial charge in [-0.3, -0.25) is 0 Å². The summed E-state index contributed by atoms with van der Waals surface area (Å²) < 4.78 is 0. The van der Waals surface area contributed by atoms with Crippen LogP contribution in [-0.4, -0.2) is 0 Å². The number of rotatable bonds is 27. The Labute approximate surface area is 249 Å². The lowest BCUT2D eigenvalue weighted by molar-refractivity contribution is 0.210. The third-order valence-corrected chi connectivity index (χ3v) is 11.9. The summed E-state index contributed by atoms with van der Waals surface area (Å²) in [6, 6.07) is 0. The van der Waals surface area contributed by atoms with E-state index in [2.05, 4.69) is 48.5 Å². The van der Waals surface area contributed by atoms with Crippen LogP contribution in [0.4, 0.5) is 0 Å². The van der Waals surface area contributed by atoms with Crippen LogP contribution in [0.1, 0.15) is 196 Å². The molecule has 2 aliphatic rings. The highest BCUT2D eigenvalue weighted by molar-refractivity contribution is 4.92. The van der Waals surface area contributed by atoms with Crippen LogP contribution >= 0.6 is 0 Å². The largest absolute Gasteiger partial charge is 0.0654 e. The van der Waals surface area contributed by atoms with Crippen molar-refractivity contribution in [3.8, 4) is 0 Å². The molecule has 0 heterocycles. The van der Waals surface area contributed by atoms with Gasteiger partial charge in [-0.05, 0) is 91.8 Å². The molecule has 0 N–H and O–H groups in total. The van der Waals surface area contributed by atoms with E-state index in [1.54, 1.807) is 32.1 Å².